The lowest BCUT2D eigenvalue weighted by Gasteiger charge is -2.32. The van der Waals surface area contributed by atoms with Crippen molar-refractivity contribution < 1.29 is 18.4 Å². The van der Waals surface area contributed by atoms with Gasteiger partial charge in [0.25, 0.3) is 0 Å². The predicted molar refractivity (Wildman–Crippen MR) is 88.6 cm³/mol. The monoisotopic (exact) mass is 314 g/mol. The van der Waals surface area contributed by atoms with Gasteiger partial charge in [-0.25, -0.2) is 4.39 Å². The second-order valence-corrected chi connectivity index (χ2v) is 6.72. The minimum Gasteiger partial charge on any atom is -0.457 e. The van der Waals surface area contributed by atoms with Crippen molar-refractivity contribution in [2.45, 2.75) is 38.9 Å². The van der Waals surface area contributed by atoms with Crippen molar-refractivity contribution in [3.05, 3.63) is 54.3 Å². The van der Waals surface area contributed by atoms with Gasteiger partial charge in [0, 0.05) is 0 Å². The minimum absolute atomic E-state index is 0.289. The van der Waals surface area contributed by atoms with E-state index in [1.807, 2.05) is 52.0 Å². The standard InChI is InChI=1S/C18H20BFO3/c1-17(2)18(3,4)23-19(22-17)13-6-5-7-16(12-13)21-15-10-8-14(20)9-11-15/h5-12H,1-4H3. The van der Waals surface area contributed by atoms with Crippen LogP contribution >= 0.6 is 0 Å². The quantitative estimate of drug-likeness (QED) is 0.804. The molecule has 23 heavy (non-hydrogen) atoms. The Morgan fingerprint density at radius 1 is 0.870 bits per heavy atom. The zero-order chi connectivity index (χ0) is 16.7. The molecule has 0 radical (unpaired) electrons. The Bertz CT molecular complexity index is 682. The largest absolute Gasteiger partial charge is 0.494 e. The minimum atomic E-state index is -0.434. The highest BCUT2D eigenvalue weighted by Gasteiger charge is 2.51. The van der Waals surface area contributed by atoms with Crippen molar-refractivity contribution in [3.63, 3.8) is 0 Å². The van der Waals surface area contributed by atoms with E-state index in [1.54, 1.807) is 12.1 Å². The van der Waals surface area contributed by atoms with E-state index in [1.165, 1.54) is 12.1 Å². The summed E-state index contributed by atoms with van der Waals surface area (Å²) >= 11 is 0. The lowest BCUT2D eigenvalue weighted by Crippen LogP contribution is -2.41. The number of ether oxygens (including phenoxy) is 1. The Morgan fingerprint density at radius 3 is 2.09 bits per heavy atom. The third-order valence-electron chi connectivity index (χ3n) is 4.43. The number of hydrogen-bond acceptors (Lipinski definition) is 3. The fourth-order valence-corrected chi connectivity index (χ4v) is 2.34. The number of hydrogen-bond donors (Lipinski definition) is 0. The molecule has 120 valence electrons. The Balaban J connectivity index is 1.79. The summed E-state index contributed by atoms with van der Waals surface area (Å²) in [6.45, 7) is 8.08. The third kappa shape index (κ3) is 3.26. The molecule has 0 saturated carbocycles. The molecule has 1 saturated heterocycles. The lowest BCUT2D eigenvalue weighted by atomic mass is 9.79. The van der Waals surface area contributed by atoms with E-state index in [0.29, 0.717) is 11.5 Å². The first-order valence-electron chi connectivity index (χ1n) is 7.66. The van der Waals surface area contributed by atoms with Crippen molar-refractivity contribution >= 4 is 12.6 Å². The smallest absolute Gasteiger partial charge is 0.457 e. The summed E-state index contributed by atoms with van der Waals surface area (Å²) in [6, 6.07) is 13.5. The van der Waals surface area contributed by atoms with E-state index < -0.39 is 7.12 Å². The molecule has 0 atom stereocenters. The Morgan fingerprint density at radius 2 is 1.48 bits per heavy atom. The molecule has 1 heterocycles. The molecule has 0 spiro atoms. The van der Waals surface area contributed by atoms with Gasteiger partial charge in [0.15, 0.2) is 0 Å². The van der Waals surface area contributed by atoms with E-state index in [-0.39, 0.29) is 17.0 Å². The molecule has 0 N–H and O–H groups in total. The molecule has 5 heteroatoms. The van der Waals surface area contributed by atoms with Crippen LogP contribution in [0, 0.1) is 5.82 Å². The molecule has 2 aromatic rings. The molecule has 0 amide bonds. The van der Waals surface area contributed by atoms with Crippen LogP contribution in [-0.4, -0.2) is 18.3 Å². The van der Waals surface area contributed by atoms with Gasteiger partial charge in [-0.3, -0.25) is 0 Å². The molecule has 0 unspecified atom stereocenters. The first-order chi connectivity index (χ1) is 10.8. The van der Waals surface area contributed by atoms with Gasteiger partial charge in [-0.2, -0.15) is 0 Å². The van der Waals surface area contributed by atoms with Crippen LogP contribution in [0.3, 0.4) is 0 Å². The van der Waals surface area contributed by atoms with Crippen LogP contribution in [0.25, 0.3) is 0 Å². The molecular formula is C18H20BFO3. The van der Waals surface area contributed by atoms with E-state index in [4.69, 9.17) is 14.0 Å². The molecule has 3 nitrogen and oxygen atoms in total. The molecule has 1 aliphatic rings. The number of halogens is 1. The van der Waals surface area contributed by atoms with E-state index in [9.17, 15) is 4.39 Å². The lowest BCUT2D eigenvalue weighted by molar-refractivity contribution is 0.00578. The zero-order valence-electron chi connectivity index (χ0n) is 13.8. The molecule has 1 fully saturated rings. The summed E-state index contributed by atoms with van der Waals surface area (Å²) < 4.78 is 30.8. The highest BCUT2D eigenvalue weighted by atomic mass is 19.1. The van der Waals surface area contributed by atoms with Gasteiger partial charge in [0.05, 0.1) is 11.2 Å². The van der Waals surface area contributed by atoms with Crippen molar-refractivity contribution in [1.29, 1.82) is 0 Å². The fraction of sp³-hybridized carbons (Fsp3) is 0.333. The molecular weight excluding hydrogens is 294 g/mol. The summed E-state index contributed by atoms with van der Waals surface area (Å²) in [5, 5.41) is 0. The van der Waals surface area contributed by atoms with Crippen LogP contribution in [0.4, 0.5) is 4.39 Å². The van der Waals surface area contributed by atoms with E-state index in [2.05, 4.69) is 0 Å². The maximum Gasteiger partial charge on any atom is 0.494 e. The van der Waals surface area contributed by atoms with E-state index in [0.717, 1.165) is 5.46 Å². The first-order valence-corrected chi connectivity index (χ1v) is 7.66. The normalized spacial score (nSPS) is 18.9. The van der Waals surface area contributed by atoms with Gasteiger partial charge >= 0.3 is 7.12 Å². The van der Waals surface area contributed by atoms with Crippen LogP contribution in [0.5, 0.6) is 11.5 Å². The van der Waals surface area contributed by atoms with E-state index >= 15 is 0 Å². The molecule has 3 rings (SSSR count). The van der Waals surface area contributed by atoms with Crippen LogP contribution in [-0.2, 0) is 9.31 Å². The molecule has 1 aliphatic heterocycles. The van der Waals surface area contributed by atoms with Crippen LogP contribution in [0.1, 0.15) is 27.7 Å². The summed E-state index contributed by atoms with van der Waals surface area (Å²) in [4.78, 5) is 0. The van der Waals surface area contributed by atoms with Gasteiger partial charge in [0.2, 0.25) is 0 Å². The Labute approximate surface area is 136 Å². The average molecular weight is 314 g/mol. The van der Waals surface area contributed by atoms with Crippen molar-refractivity contribution in [2.24, 2.45) is 0 Å². The SMILES string of the molecule is CC1(C)OB(c2cccc(Oc3ccc(F)cc3)c2)OC1(C)C. The summed E-state index contributed by atoms with van der Waals surface area (Å²) in [6.07, 6.45) is 0. The van der Waals surface area contributed by atoms with Crippen molar-refractivity contribution in [2.75, 3.05) is 0 Å². The highest BCUT2D eigenvalue weighted by molar-refractivity contribution is 6.62. The van der Waals surface area contributed by atoms with Crippen LogP contribution in [0.2, 0.25) is 0 Å². The summed E-state index contributed by atoms with van der Waals surface area (Å²) in [5.74, 6) is 0.949. The molecule has 2 aromatic carbocycles. The second kappa shape index (κ2) is 5.66. The zero-order valence-corrected chi connectivity index (χ0v) is 13.8. The highest BCUT2D eigenvalue weighted by Crippen LogP contribution is 2.36. The van der Waals surface area contributed by atoms with Gasteiger partial charge in [-0.15, -0.1) is 0 Å². The maximum absolute atomic E-state index is 13.0. The maximum atomic E-state index is 13.0. The van der Waals surface area contributed by atoms with Gasteiger partial charge in [-0.05, 0) is 69.6 Å². The van der Waals surface area contributed by atoms with Crippen molar-refractivity contribution in [3.8, 4) is 11.5 Å². The number of rotatable bonds is 3. The second-order valence-electron chi connectivity index (χ2n) is 6.72. The fourth-order valence-electron chi connectivity index (χ4n) is 2.34. The molecule has 0 bridgehead atoms. The summed E-state index contributed by atoms with van der Waals surface area (Å²) in [5.41, 5.74) is 0.125. The predicted octanol–water partition coefficient (Wildman–Crippen LogP) is 3.92. The van der Waals surface area contributed by atoms with Crippen LogP contribution in [0.15, 0.2) is 48.5 Å². The summed E-state index contributed by atoms with van der Waals surface area (Å²) in [7, 11) is -0.434. The molecule has 0 aliphatic carbocycles. The molecule has 0 aromatic heterocycles. The third-order valence-corrected chi connectivity index (χ3v) is 4.43. The Kier molecular flexibility index (Phi) is 3.94. The average Bonchev–Trinajstić information content (AvgIpc) is 2.70. The van der Waals surface area contributed by atoms with Crippen molar-refractivity contribution in [1.82, 2.24) is 0 Å². The first kappa shape index (κ1) is 16.0. The Hall–Kier alpha value is -1.85. The van der Waals surface area contributed by atoms with Gasteiger partial charge < -0.3 is 14.0 Å². The van der Waals surface area contributed by atoms with Gasteiger partial charge in [0.1, 0.15) is 17.3 Å². The topological polar surface area (TPSA) is 27.7 Å². The van der Waals surface area contributed by atoms with Gasteiger partial charge in [-0.1, -0.05) is 12.1 Å². The number of benzene rings is 2. The van der Waals surface area contributed by atoms with Crippen LogP contribution < -0.4 is 10.2 Å².